The normalized spacial score (nSPS) is 13.2. The minimum absolute atomic E-state index is 0.312. The fraction of sp³-hybridized carbons (Fsp3) is 0.417. The molecule has 2 aromatic rings. The zero-order chi connectivity index (χ0) is 11.5. The summed E-state index contributed by atoms with van der Waals surface area (Å²) in [5.74, 6) is 0.755. The first-order chi connectivity index (χ1) is 7.72. The number of para-hydroxylation sites is 1. The Hall–Kier alpha value is -1.00. The molecule has 16 heavy (non-hydrogen) atoms. The van der Waals surface area contributed by atoms with Gasteiger partial charge in [0, 0.05) is 24.6 Å². The van der Waals surface area contributed by atoms with Crippen molar-refractivity contribution in [3.8, 4) is 0 Å². The van der Waals surface area contributed by atoms with Crippen molar-refractivity contribution in [3.63, 3.8) is 0 Å². The van der Waals surface area contributed by atoms with E-state index in [0.29, 0.717) is 6.42 Å². The second kappa shape index (κ2) is 4.89. The molecule has 0 bridgehead atoms. The van der Waals surface area contributed by atoms with Gasteiger partial charge >= 0.3 is 0 Å². The van der Waals surface area contributed by atoms with Crippen LogP contribution in [0.25, 0.3) is 10.9 Å². The molecule has 86 valence electrons. The lowest BCUT2D eigenvalue weighted by molar-refractivity contribution is 0.199. The third-order valence-electron chi connectivity index (χ3n) is 2.62. The van der Waals surface area contributed by atoms with Gasteiger partial charge in [0.1, 0.15) is 0 Å². The first-order valence-corrected chi connectivity index (χ1v) is 6.69. The maximum absolute atomic E-state index is 9.80. The van der Waals surface area contributed by atoms with Crippen LogP contribution in [0.1, 0.15) is 5.69 Å². The molecule has 4 heteroatoms. The zero-order valence-electron chi connectivity index (χ0n) is 9.55. The average Bonchev–Trinajstić information content (AvgIpc) is 2.57. The highest BCUT2D eigenvalue weighted by Gasteiger charge is 2.12. The molecule has 1 N–H and O–H groups in total. The summed E-state index contributed by atoms with van der Waals surface area (Å²) < 4.78 is 1.87. The van der Waals surface area contributed by atoms with Crippen LogP contribution >= 0.6 is 11.8 Å². The molecule has 0 spiro atoms. The molecule has 0 aliphatic rings. The highest BCUT2D eigenvalue weighted by Crippen LogP contribution is 2.19. The van der Waals surface area contributed by atoms with E-state index in [0.717, 1.165) is 22.3 Å². The van der Waals surface area contributed by atoms with Crippen LogP contribution in [0.2, 0.25) is 0 Å². The summed E-state index contributed by atoms with van der Waals surface area (Å²) in [6.07, 6.45) is 2.32. The van der Waals surface area contributed by atoms with Gasteiger partial charge in [-0.2, -0.15) is 16.9 Å². The number of hydrogen-bond acceptors (Lipinski definition) is 3. The van der Waals surface area contributed by atoms with E-state index in [1.54, 1.807) is 11.8 Å². The second-order valence-corrected chi connectivity index (χ2v) is 4.81. The molecule has 1 atom stereocenters. The smallest absolute Gasteiger partial charge is 0.0729 e. The van der Waals surface area contributed by atoms with Crippen molar-refractivity contribution in [3.05, 3.63) is 30.0 Å². The van der Waals surface area contributed by atoms with Crippen molar-refractivity contribution in [2.45, 2.75) is 12.5 Å². The van der Waals surface area contributed by atoms with Crippen molar-refractivity contribution < 1.29 is 5.11 Å². The number of aliphatic hydroxyl groups excluding tert-OH is 1. The topological polar surface area (TPSA) is 38.1 Å². The first-order valence-electron chi connectivity index (χ1n) is 5.30. The summed E-state index contributed by atoms with van der Waals surface area (Å²) in [6.45, 7) is 0. The summed E-state index contributed by atoms with van der Waals surface area (Å²) in [7, 11) is 1.94. The number of fused-ring (bicyclic) bond motifs is 1. The SMILES string of the molecule is CSCC(O)Cc1nn(C)c2ccccc12. The highest BCUT2D eigenvalue weighted by molar-refractivity contribution is 7.98. The molecular formula is C12H16N2OS. The van der Waals surface area contributed by atoms with Crippen LogP contribution in [0.15, 0.2) is 24.3 Å². The predicted molar refractivity (Wildman–Crippen MR) is 68.8 cm³/mol. The molecule has 0 saturated heterocycles. The number of aliphatic hydroxyl groups is 1. The molecule has 2 rings (SSSR count). The Kier molecular flexibility index (Phi) is 3.51. The van der Waals surface area contributed by atoms with Crippen molar-refractivity contribution in [1.82, 2.24) is 9.78 Å². The van der Waals surface area contributed by atoms with Crippen molar-refractivity contribution in [2.24, 2.45) is 7.05 Å². The van der Waals surface area contributed by atoms with E-state index in [1.165, 1.54) is 0 Å². The maximum Gasteiger partial charge on any atom is 0.0729 e. The number of aryl methyl sites for hydroxylation is 1. The van der Waals surface area contributed by atoms with E-state index >= 15 is 0 Å². The molecule has 1 unspecified atom stereocenters. The van der Waals surface area contributed by atoms with Gasteiger partial charge in [-0.1, -0.05) is 18.2 Å². The van der Waals surface area contributed by atoms with Crippen LogP contribution in [0.3, 0.4) is 0 Å². The van der Waals surface area contributed by atoms with Gasteiger partial charge < -0.3 is 5.11 Å². The molecule has 0 fully saturated rings. The van der Waals surface area contributed by atoms with Gasteiger partial charge in [0.05, 0.1) is 17.3 Å². The highest BCUT2D eigenvalue weighted by atomic mass is 32.2. The fourth-order valence-electron chi connectivity index (χ4n) is 1.91. The monoisotopic (exact) mass is 236 g/mol. The van der Waals surface area contributed by atoms with Gasteiger partial charge in [0.2, 0.25) is 0 Å². The Bertz CT molecular complexity index is 481. The lowest BCUT2D eigenvalue weighted by Crippen LogP contribution is -2.13. The van der Waals surface area contributed by atoms with E-state index in [1.807, 2.05) is 36.2 Å². The molecule has 1 heterocycles. The van der Waals surface area contributed by atoms with Crippen LogP contribution in [0, 0.1) is 0 Å². The Labute approximate surface area is 99.5 Å². The zero-order valence-corrected chi connectivity index (χ0v) is 10.4. The van der Waals surface area contributed by atoms with E-state index in [4.69, 9.17) is 0 Å². The lowest BCUT2D eigenvalue weighted by atomic mass is 10.1. The maximum atomic E-state index is 9.80. The van der Waals surface area contributed by atoms with Crippen LogP contribution in [0.4, 0.5) is 0 Å². The summed E-state index contributed by atoms with van der Waals surface area (Å²) >= 11 is 1.66. The van der Waals surface area contributed by atoms with Gasteiger partial charge in [-0.05, 0) is 12.3 Å². The quantitative estimate of drug-likeness (QED) is 0.880. The number of nitrogens with zero attached hydrogens (tertiary/aromatic N) is 2. The average molecular weight is 236 g/mol. The molecule has 1 aromatic heterocycles. The first kappa shape index (κ1) is 11.5. The Morgan fingerprint density at radius 3 is 2.94 bits per heavy atom. The Morgan fingerprint density at radius 2 is 2.19 bits per heavy atom. The standard InChI is InChI=1S/C12H16N2OS/c1-14-12-6-4-3-5-10(12)11(13-14)7-9(15)8-16-2/h3-6,9,15H,7-8H2,1-2H3. The van der Waals surface area contributed by atoms with Crippen molar-refractivity contribution in [2.75, 3.05) is 12.0 Å². The number of thioether (sulfide) groups is 1. The number of rotatable bonds is 4. The van der Waals surface area contributed by atoms with Gasteiger partial charge in [-0.15, -0.1) is 0 Å². The summed E-state index contributed by atoms with van der Waals surface area (Å²) in [4.78, 5) is 0. The van der Waals surface area contributed by atoms with E-state index < -0.39 is 0 Å². The minimum atomic E-state index is -0.312. The Balaban J connectivity index is 2.31. The van der Waals surface area contributed by atoms with Gasteiger partial charge in [0.25, 0.3) is 0 Å². The molecule has 0 aliphatic heterocycles. The summed E-state index contributed by atoms with van der Waals surface area (Å²) in [6, 6.07) is 8.12. The number of aromatic nitrogens is 2. The fourth-order valence-corrected chi connectivity index (χ4v) is 2.42. The second-order valence-electron chi connectivity index (χ2n) is 3.90. The van der Waals surface area contributed by atoms with Crippen LogP contribution in [-0.2, 0) is 13.5 Å². The number of benzene rings is 1. The van der Waals surface area contributed by atoms with Gasteiger partial charge in [-0.25, -0.2) is 0 Å². The summed E-state index contributed by atoms with van der Waals surface area (Å²) in [5.41, 5.74) is 2.11. The van der Waals surface area contributed by atoms with Crippen LogP contribution < -0.4 is 0 Å². The van der Waals surface area contributed by atoms with Crippen molar-refractivity contribution >= 4 is 22.7 Å². The predicted octanol–water partition coefficient (Wildman–Crippen LogP) is 1.84. The van der Waals surface area contributed by atoms with Crippen LogP contribution in [-0.4, -0.2) is 33.0 Å². The molecule has 0 saturated carbocycles. The minimum Gasteiger partial charge on any atom is -0.392 e. The molecule has 1 aromatic carbocycles. The molecular weight excluding hydrogens is 220 g/mol. The van der Waals surface area contributed by atoms with Crippen LogP contribution in [0.5, 0.6) is 0 Å². The third kappa shape index (κ3) is 2.23. The molecule has 0 aliphatic carbocycles. The van der Waals surface area contributed by atoms with E-state index in [9.17, 15) is 5.11 Å². The van der Waals surface area contributed by atoms with E-state index in [2.05, 4.69) is 11.2 Å². The number of hydrogen-bond donors (Lipinski definition) is 1. The van der Waals surface area contributed by atoms with E-state index in [-0.39, 0.29) is 6.10 Å². The molecule has 0 radical (unpaired) electrons. The summed E-state index contributed by atoms with van der Waals surface area (Å²) in [5, 5.41) is 15.4. The Morgan fingerprint density at radius 1 is 1.44 bits per heavy atom. The van der Waals surface area contributed by atoms with Gasteiger partial charge in [-0.3, -0.25) is 4.68 Å². The molecule has 0 amide bonds. The van der Waals surface area contributed by atoms with Gasteiger partial charge in [0.15, 0.2) is 0 Å². The van der Waals surface area contributed by atoms with Crippen molar-refractivity contribution in [1.29, 1.82) is 0 Å². The molecule has 3 nitrogen and oxygen atoms in total. The third-order valence-corrected chi connectivity index (χ3v) is 3.34. The largest absolute Gasteiger partial charge is 0.392 e. The lowest BCUT2D eigenvalue weighted by Gasteiger charge is -2.06.